The summed E-state index contributed by atoms with van der Waals surface area (Å²) >= 11 is 0. The van der Waals surface area contributed by atoms with Gasteiger partial charge in [0.15, 0.2) is 0 Å². The number of hydrogen-bond donors (Lipinski definition) is 1. The Kier molecular flexibility index (Phi) is 2.83. The Balaban J connectivity index is 2.03. The third kappa shape index (κ3) is 1.80. The molecule has 0 aromatic carbocycles. The molecule has 0 radical (unpaired) electrons. The van der Waals surface area contributed by atoms with Gasteiger partial charge in [-0.15, -0.1) is 0 Å². The van der Waals surface area contributed by atoms with E-state index in [1.165, 1.54) is 0 Å². The predicted molar refractivity (Wildman–Crippen MR) is 71.6 cm³/mol. The van der Waals surface area contributed by atoms with Crippen LogP contribution in [0.15, 0.2) is 24.8 Å². The highest BCUT2D eigenvalue weighted by molar-refractivity contribution is 5.88. The van der Waals surface area contributed by atoms with E-state index in [-0.39, 0.29) is 0 Å². The molecule has 1 aliphatic rings. The van der Waals surface area contributed by atoms with Crippen molar-refractivity contribution < 1.29 is 0 Å². The van der Waals surface area contributed by atoms with Gasteiger partial charge in [0.05, 0.1) is 10.9 Å². The fraction of sp³-hybridized carbons (Fsp3) is 0.462. The molecule has 1 saturated heterocycles. The summed E-state index contributed by atoms with van der Waals surface area (Å²) in [4.78, 5) is 15.1. The van der Waals surface area contributed by atoms with E-state index in [2.05, 4.69) is 39.1 Å². The lowest BCUT2D eigenvalue weighted by atomic mass is 10.1. The van der Waals surface area contributed by atoms with E-state index in [1.807, 2.05) is 12.3 Å². The topological polar surface area (TPSA) is 53.9 Å². The van der Waals surface area contributed by atoms with E-state index in [1.54, 1.807) is 12.5 Å². The van der Waals surface area contributed by atoms with E-state index >= 15 is 0 Å². The van der Waals surface area contributed by atoms with Crippen molar-refractivity contribution in [1.82, 2.24) is 20.3 Å². The number of nitrogens with zero attached hydrogens (tertiary/aromatic N) is 4. The summed E-state index contributed by atoms with van der Waals surface area (Å²) in [7, 11) is 2.10. The molecule has 3 rings (SSSR count). The Morgan fingerprint density at radius 2 is 2.28 bits per heavy atom. The Bertz CT molecular complexity index is 551. The zero-order valence-corrected chi connectivity index (χ0v) is 10.7. The largest absolute Gasteiger partial charge is 0.354 e. The van der Waals surface area contributed by atoms with Crippen LogP contribution >= 0.6 is 0 Å². The van der Waals surface area contributed by atoms with Gasteiger partial charge in [-0.2, -0.15) is 0 Å². The molecule has 1 fully saturated rings. The summed E-state index contributed by atoms with van der Waals surface area (Å²) in [6.45, 7) is 3.28. The summed E-state index contributed by atoms with van der Waals surface area (Å²) in [5.41, 5.74) is 0.945. The molecular formula is C13H17N5. The highest BCUT2D eigenvalue weighted by Gasteiger charge is 2.28. The molecule has 3 heterocycles. The van der Waals surface area contributed by atoms with Gasteiger partial charge < -0.3 is 10.2 Å². The van der Waals surface area contributed by atoms with Crippen molar-refractivity contribution in [1.29, 1.82) is 0 Å². The third-order valence-corrected chi connectivity index (χ3v) is 3.73. The minimum Gasteiger partial charge on any atom is -0.354 e. The first kappa shape index (κ1) is 11.3. The Morgan fingerprint density at radius 1 is 1.39 bits per heavy atom. The summed E-state index contributed by atoms with van der Waals surface area (Å²) in [5.74, 6) is 0.966. The highest BCUT2D eigenvalue weighted by Crippen LogP contribution is 2.25. The second-order valence-electron chi connectivity index (χ2n) is 4.80. The van der Waals surface area contributed by atoms with Crippen LogP contribution in [0, 0.1) is 0 Å². The molecule has 0 bridgehead atoms. The van der Waals surface area contributed by atoms with Crippen molar-refractivity contribution in [3.8, 4) is 0 Å². The number of likely N-dealkylation sites (N-methyl/N-ethyl adjacent to an activating group) is 1. The van der Waals surface area contributed by atoms with Gasteiger partial charge >= 0.3 is 0 Å². The molecule has 0 amide bonds. The summed E-state index contributed by atoms with van der Waals surface area (Å²) in [6.07, 6.45) is 6.37. The van der Waals surface area contributed by atoms with E-state index < -0.39 is 0 Å². The molecule has 0 spiro atoms. The first-order chi connectivity index (χ1) is 8.77. The maximum atomic E-state index is 4.43. The van der Waals surface area contributed by atoms with Crippen LogP contribution in [-0.4, -0.2) is 40.6 Å². The molecule has 2 unspecified atom stereocenters. The zero-order chi connectivity index (χ0) is 12.5. The molecule has 2 aromatic heterocycles. The number of aromatic nitrogens is 3. The Morgan fingerprint density at radius 3 is 3.06 bits per heavy atom. The number of pyridine rings is 1. The molecule has 0 saturated carbocycles. The lowest BCUT2D eigenvalue weighted by molar-refractivity contribution is 0.558. The molecule has 2 aromatic rings. The average Bonchev–Trinajstić information content (AvgIpc) is 2.83. The fourth-order valence-corrected chi connectivity index (χ4v) is 2.70. The smallest absolute Gasteiger partial charge is 0.141 e. The molecule has 1 N–H and O–H groups in total. The maximum absolute atomic E-state index is 4.43. The SMILES string of the molecule is CC1NCCC1N(C)c1ncnc2ccncc12. The second-order valence-corrected chi connectivity index (χ2v) is 4.80. The summed E-state index contributed by atoms with van der Waals surface area (Å²) in [5, 5.41) is 4.48. The van der Waals surface area contributed by atoms with Gasteiger partial charge in [-0.1, -0.05) is 0 Å². The predicted octanol–water partition coefficient (Wildman–Crippen LogP) is 1.21. The van der Waals surface area contributed by atoms with Gasteiger partial charge in [-0.05, 0) is 26.0 Å². The van der Waals surface area contributed by atoms with Crippen molar-refractivity contribution in [2.45, 2.75) is 25.4 Å². The normalized spacial score (nSPS) is 23.4. The molecule has 5 heteroatoms. The quantitative estimate of drug-likeness (QED) is 0.859. The van der Waals surface area contributed by atoms with E-state index in [9.17, 15) is 0 Å². The van der Waals surface area contributed by atoms with Crippen LogP contribution in [0.3, 0.4) is 0 Å². The molecule has 18 heavy (non-hydrogen) atoms. The molecule has 94 valence electrons. The number of hydrogen-bond acceptors (Lipinski definition) is 5. The monoisotopic (exact) mass is 243 g/mol. The van der Waals surface area contributed by atoms with E-state index in [0.717, 1.165) is 29.7 Å². The Hall–Kier alpha value is -1.75. The van der Waals surface area contributed by atoms with Crippen LogP contribution in [0.5, 0.6) is 0 Å². The highest BCUT2D eigenvalue weighted by atomic mass is 15.2. The van der Waals surface area contributed by atoms with Gasteiger partial charge in [-0.25, -0.2) is 9.97 Å². The van der Waals surface area contributed by atoms with Crippen molar-refractivity contribution in [3.63, 3.8) is 0 Å². The molecular weight excluding hydrogens is 226 g/mol. The molecule has 0 aliphatic carbocycles. The average molecular weight is 243 g/mol. The van der Waals surface area contributed by atoms with Gasteiger partial charge in [0.2, 0.25) is 0 Å². The standard InChI is InChI=1S/C13H17N5/c1-9-12(4-6-15-9)18(2)13-10-7-14-5-3-11(10)16-8-17-13/h3,5,7-9,12,15H,4,6H2,1-2H3. The molecule has 1 aliphatic heterocycles. The Labute approximate surface area is 106 Å². The van der Waals surface area contributed by atoms with Crippen LogP contribution < -0.4 is 10.2 Å². The number of anilines is 1. The van der Waals surface area contributed by atoms with Crippen molar-refractivity contribution in [3.05, 3.63) is 24.8 Å². The van der Waals surface area contributed by atoms with E-state index in [0.29, 0.717) is 12.1 Å². The van der Waals surface area contributed by atoms with Gasteiger partial charge in [0.25, 0.3) is 0 Å². The fourth-order valence-electron chi connectivity index (χ4n) is 2.70. The molecule has 5 nitrogen and oxygen atoms in total. The molecule has 2 atom stereocenters. The summed E-state index contributed by atoms with van der Waals surface area (Å²) in [6, 6.07) is 2.88. The number of rotatable bonds is 2. The first-order valence-electron chi connectivity index (χ1n) is 6.28. The lowest BCUT2D eigenvalue weighted by Crippen LogP contribution is -2.40. The van der Waals surface area contributed by atoms with Crippen LogP contribution in [0.4, 0.5) is 5.82 Å². The van der Waals surface area contributed by atoms with Crippen LogP contribution in [0.1, 0.15) is 13.3 Å². The minimum atomic E-state index is 0.475. The zero-order valence-electron chi connectivity index (χ0n) is 10.7. The number of nitrogens with one attached hydrogen (secondary N) is 1. The van der Waals surface area contributed by atoms with Gasteiger partial charge in [0.1, 0.15) is 12.1 Å². The third-order valence-electron chi connectivity index (χ3n) is 3.73. The van der Waals surface area contributed by atoms with Crippen molar-refractivity contribution >= 4 is 16.7 Å². The van der Waals surface area contributed by atoms with Crippen LogP contribution in [-0.2, 0) is 0 Å². The van der Waals surface area contributed by atoms with E-state index in [4.69, 9.17) is 0 Å². The van der Waals surface area contributed by atoms with Crippen LogP contribution in [0.2, 0.25) is 0 Å². The first-order valence-corrected chi connectivity index (χ1v) is 6.28. The van der Waals surface area contributed by atoms with Crippen molar-refractivity contribution in [2.75, 3.05) is 18.5 Å². The minimum absolute atomic E-state index is 0.475. The lowest BCUT2D eigenvalue weighted by Gasteiger charge is -2.29. The second kappa shape index (κ2) is 4.49. The summed E-state index contributed by atoms with van der Waals surface area (Å²) < 4.78 is 0. The van der Waals surface area contributed by atoms with Crippen LogP contribution in [0.25, 0.3) is 10.9 Å². The maximum Gasteiger partial charge on any atom is 0.141 e. The van der Waals surface area contributed by atoms with Gasteiger partial charge in [-0.3, -0.25) is 4.98 Å². The number of fused-ring (bicyclic) bond motifs is 1. The van der Waals surface area contributed by atoms with Gasteiger partial charge in [0, 0.05) is 31.5 Å². The van der Waals surface area contributed by atoms with Crippen molar-refractivity contribution in [2.24, 2.45) is 0 Å².